The van der Waals surface area contributed by atoms with Crippen molar-refractivity contribution >= 4 is 23.2 Å². The maximum Gasteiger partial charge on any atom is 0.121 e. The van der Waals surface area contributed by atoms with E-state index in [0.29, 0.717) is 34.2 Å². The average Bonchev–Trinajstić information content (AvgIpc) is 2.41. The fraction of sp³-hybridized carbons (Fsp3) is 0.375. The van der Waals surface area contributed by atoms with E-state index in [2.05, 4.69) is 6.92 Å². The SMILES string of the molecule is CCCc1ccc(OCC2=C(F)CCC=C2Cl)cc1Cl. The van der Waals surface area contributed by atoms with Gasteiger partial charge in [0, 0.05) is 22.0 Å². The smallest absolute Gasteiger partial charge is 0.121 e. The lowest BCUT2D eigenvalue weighted by Gasteiger charge is -2.15. The van der Waals surface area contributed by atoms with Crippen LogP contribution in [0.2, 0.25) is 5.02 Å². The van der Waals surface area contributed by atoms with Gasteiger partial charge in [0.25, 0.3) is 0 Å². The van der Waals surface area contributed by atoms with Crippen molar-refractivity contribution in [1.29, 1.82) is 0 Å². The molecule has 0 aliphatic heterocycles. The maximum absolute atomic E-state index is 13.7. The van der Waals surface area contributed by atoms with E-state index in [1.54, 1.807) is 6.07 Å². The Labute approximate surface area is 129 Å². The van der Waals surface area contributed by atoms with Gasteiger partial charge in [-0.25, -0.2) is 4.39 Å². The molecule has 1 aromatic carbocycles. The van der Waals surface area contributed by atoms with Gasteiger partial charge in [-0.15, -0.1) is 0 Å². The van der Waals surface area contributed by atoms with Crippen LogP contribution in [-0.2, 0) is 6.42 Å². The van der Waals surface area contributed by atoms with Crippen LogP contribution < -0.4 is 4.74 Å². The lowest BCUT2D eigenvalue weighted by molar-refractivity contribution is 0.347. The van der Waals surface area contributed by atoms with Crippen molar-refractivity contribution in [2.45, 2.75) is 32.6 Å². The van der Waals surface area contributed by atoms with Crippen molar-refractivity contribution < 1.29 is 9.13 Å². The Hall–Kier alpha value is -0.990. The van der Waals surface area contributed by atoms with Crippen LogP contribution in [0.25, 0.3) is 0 Å². The Morgan fingerprint density at radius 1 is 1.30 bits per heavy atom. The molecule has 0 saturated heterocycles. The molecule has 0 heterocycles. The minimum atomic E-state index is -0.189. The molecule has 0 bridgehead atoms. The van der Waals surface area contributed by atoms with E-state index in [1.165, 1.54) is 0 Å². The number of rotatable bonds is 5. The second kappa shape index (κ2) is 7.14. The molecule has 1 nitrogen and oxygen atoms in total. The van der Waals surface area contributed by atoms with Crippen molar-refractivity contribution in [3.05, 3.63) is 51.3 Å². The van der Waals surface area contributed by atoms with Gasteiger partial charge < -0.3 is 4.74 Å². The van der Waals surface area contributed by atoms with Crippen LogP contribution in [0.5, 0.6) is 5.75 Å². The zero-order valence-corrected chi connectivity index (χ0v) is 12.9. The summed E-state index contributed by atoms with van der Waals surface area (Å²) in [6.45, 7) is 2.23. The topological polar surface area (TPSA) is 9.23 Å². The molecule has 2 rings (SSSR count). The van der Waals surface area contributed by atoms with E-state index in [0.717, 1.165) is 18.4 Å². The summed E-state index contributed by atoms with van der Waals surface area (Å²) >= 11 is 12.2. The highest BCUT2D eigenvalue weighted by Gasteiger charge is 2.15. The summed E-state index contributed by atoms with van der Waals surface area (Å²) in [6, 6.07) is 5.57. The van der Waals surface area contributed by atoms with E-state index >= 15 is 0 Å². The molecule has 1 aromatic rings. The summed E-state index contributed by atoms with van der Waals surface area (Å²) in [7, 11) is 0. The molecule has 20 heavy (non-hydrogen) atoms. The highest BCUT2D eigenvalue weighted by Crippen LogP contribution is 2.30. The first-order valence-corrected chi connectivity index (χ1v) is 7.52. The molecule has 0 radical (unpaired) electrons. The molecular formula is C16H17Cl2FO. The molecule has 0 fully saturated rings. The van der Waals surface area contributed by atoms with Crippen molar-refractivity contribution in [3.63, 3.8) is 0 Å². The third kappa shape index (κ3) is 3.77. The van der Waals surface area contributed by atoms with Crippen molar-refractivity contribution in [2.24, 2.45) is 0 Å². The molecule has 0 amide bonds. The number of hydrogen-bond acceptors (Lipinski definition) is 1. The fourth-order valence-corrected chi connectivity index (χ4v) is 2.65. The molecule has 1 aliphatic carbocycles. The number of ether oxygens (including phenoxy) is 1. The summed E-state index contributed by atoms with van der Waals surface area (Å²) in [5.74, 6) is 0.441. The number of halogens is 3. The summed E-state index contributed by atoms with van der Waals surface area (Å²) in [5, 5.41) is 1.13. The van der Waals surface area contributed by atoms with Gasteiger partial charge in [-0.05, 0) is 30.5 Å². The Bertz CT molecular complexity index is 549. The van der Waals surface area contributed by atoms with Gasteiger partial charge in [-0.3, -0.25) is 0 Å². The largest absolute Gasteiger partial charge is 0.489 e. The highest BCUT2D eigenvalue weighted by molar-refractivity contribution is 6.32. The molecule has 108 valence electrons. The van der Waals surface area contributed by atoms with Crippen LogP contribution in [0.15, 0.2) is 40.7 Å². The van der Waals surface area contributed by atoms with Crippen molar-refractivity contribution in [2.75, 3.05) is 6.61 Å². The molecule has 0 unspecified atom stereocenters. The molecule has 0 aromatic heterocycles. The second-order valence-corrected chi connectivity index (χ2v) is 5.58. The number of hydrogen-bond donors (Lipinski definition) is 0. The Balaban J connectivity index is 2.04. The first-order valence-electron chi connectivity index (χ1n) is 6.76. The van der Waals surface area contributed by atoms with Gasteiger partial charge in [-0.1, -0.05) is 48.7 Å². The van der Waals surface area contributed by atoms with Crippen LogP contribution in [0.3, 0.4) is 0 Å². The van der Waals surface area contributed by atoms with Crippen molar-refractivity contribution in [1.82, 2.24) is 0 Å². The standard InChI is InChI=1S/C16H17Cl2FO/c1-2-4-11-7-8-12(9-15(11)18)20-10-13-14(17)5-3-6-16(13)19/h5,7-9H,2-4,6,10H2,1H3. The lowest BCUT2D eigenvalue weighted by Crippen LogP contribution is -2.06. The summed E-state index contributed by atoms with van der Waals surface area (Å²) in [5.41, 5.74) is 1.54. The Kier molecular flexibility index (Phi) is 5.50. The van der Waals surface area contributed by atoms with Gasteiger partial charge >= 0.3 is 0 Å². The van der Waals surface area contributed by atoms with Gasteiger partial charge in [0.05, 0.1) is 0 Å². The third-order valence-corrected chi connectivity index (χ3v) is 3.96. The fourth-order valence-electron chi connectivity index (χ4n) is 2.12. The van der Waals surface area contributed by atoms with Gasteiger partial charge in [0.1, 0.15) is 18.2 Å². The Morgan fingerprint density at radius 3 is 2.75 bits per heavy atom. The van der Waals surface area contributed by atoms with Crippen molar-refractivity contribution in [3.8, 4) is 5.75 Å². The molecule has 0 saturated carbocycles. The molecule has 0 atom stereocenters. The summed E-state index contributed by atoms with van der Waals surface area (Å²) < 4.78 is 19.3. The quantitative estimate of drug-likeness (QED) is 0.666. The van der Waals surface area contributed by atoms with Crippen LogP contribution in [0.1, 0.15) is 31.7 Å². The highest BCUT2D eigenvalue weighted by atomic mass is 35.5. The van der Waals surface area contributed by atoms with Gasteiger partial charge in [-0.2, -0.15) is 0 Å². The summed E-state index contributed by atoms with van der Waals surface area (Å²) in [4.78, 5) is 0. The minimum Gasteiger partial charge on any atom is -0.489 e. The van der Waals surface area contributed by atoms with E-state index in [-0.39, 0.29) is 12.4 Å². The zero-order valence-electron chi connectivity index (χ0n) is 11.4. The van der Waals surface area contributed by atoms with E-state index in [9.17, 15) is 4.39 Å². The first-order chi connectivity index (χ1) is 9.61. The number of allylic oxidation sites excluding steroid dienone is 2. The monoisotopic (exact) mass is 314 g/mol. The van der Waals surface area contributed by atoms with Gasteiger partial charge in [0.2, 0.25) is 0 Å². The predicted molar refractivity (Wildman–Crippen MR) is 82.2 cm³/mol. The minimum absolute atomic E-state index is 0.130. The summed E-state index contributed by atoms with van der Waals surface area (Å²) in [6.07, 6.45) is 4.84. The number of aryl methyl sites for hydroxylation is 1. The van der Waals surface area contributed by atoms with Crippen LogP contribution in [-0.4, -0.2) is 6.61 Å². The molecule has 0 spiro atoms. The maximum atomic E-state index is 13.7. The average molecular weight is 315 g/mol. The van der Waals surface area contributed by atoms with Crippen LogP contribution >= 0.6 is 23.2 Å². The molecule has 0 N–H and O–H groups in total. The Morgan fingerprint density at radius 2 is 2.10 bits per heavy atom. The molecular weight excluding hydrogens is 298 g/mol. The van der Waals surface area contributed by atoms with Crippen LogP contribution in [0, 0.1) is 0 Å². The normalized spacial score (nSPS) is 15.3. The lowest BCUT2D eigenvalue weighted by atomic mass is 10.1. The molecule has 1 aliphatic rings. The van der Waals surface area contributed by atoms with E-state index in [4.69, 9.17) is 27.9 Å². The first kappa shape index (κ1) is 15.4. The zero-order chi connectivity index (χ0) is 14.5. The second-order valence-electron chi connectivity index (χ2n) is 4.77. The predicted octanol–water partition coefficient (Wildman–Crippen LogP) is 5.81. The number of benzene rings is 1. The van der Waals surface area contributed by atoms with Crippen LogP contribution in [0.4, 0.5) is 4.39 Å². The third-order valence-electron chi connectivity index (χ3n) is 3.23. The van der Waals surface area contributed by atoms with Gasteiger partial charge in [0.15, 0.2) is 0 Å². The molecule has 4 heteroatoms. The van der Waals surface area contributed by atoms with E-state index in [1.807, 2.05) is 18.2 Å². The van der Waals surface area contributed by atoms with E-state index < -0.39 is 0 Å².